The minimum absolute atomic E-state index is 0.00870. The van der Waals surface area contributed by atoms with E-state index in [2.05, 4.69) is 16.4 Å². The second-order valence-corrected chi connectivity index (χ2v) is 8.78. The topological polar surface area (TPSA) is 131 Å². The van der Waals surface area contributed by atoms with Crippen LogP contribution in [0.2, 0.25) is 0 Å². The number of rotatable bonds is 9. The Morgan fingerprint density at radius 3 is 2.83 bits per heavy atom. The van der Waals surface area contributed by atoms with Gasteiger partial charge in [-0.1, -0.05) is 6.07 Å². The first-order valence-electron chi connectivity index (χ1n) is 10.1. The summed E-state index contributed by atoms with van der Waals surface area (Å²) < 4.78 is 0. The van der Waals surface area contributed by atoms with E-state index in [1.165, 1.54) is 4.88 Å². The van der Waals surface area contributed by atoms with Crippen LogP contribution in [0.15, 0.2) is 22.5 Å². The number of amides is 2. The van der Waals surface area contributed by atoms with Crippen molar-refractivity contribution in [3.63, 3.8) is 0 Å². The molecule has 0 aliphatic carbocycles. The average Bonchev–Trinajstić information content (AvgIpc) is 3.36. The fourth-order valence-corrected chi connectivity index (χ4v) is 5.11. The van der Waals surface area contributed by atoms with Gasteiger partial charge in [0.25, 0.3) is 0 Å². The molecule has 0 spiro atoms. The molecule has 1 aromatic rings. The molecule has 2 amide bonds. The number of hydrogen-bond acceptors (Lipinski definition) is 5. The summed E-state index contributed by atoms with van der Waals surface area (Å²) in [5, 5.41) is 4.82. The minimum Gasteiger partial charge on any atom is -0.370 e. The van der Waals surface area contributed by atoms with E-state index in [9.17, 15) is 14.4 Å². The average molecular weight is 420 g/mol. The predicted molar refractivity (Wildman–Crippen MR) is 112 cm³/mol. The van der Waals surface area contributed by atoms with E-state index >= 15 is 0 Å². The number of carbonyl (C=O) groups excluding carboxylic acids is 3. The summed E-state index contributed by atoms with van der Waals surface area (Å²) in [5.74, 6) is -0.228. The summed E-state index contributed by atoms with van der Waals surface area (Å²) in [6, 6.07) is 3.09. The first-order chi connectivity index (χ1) is 14.0. The van der Waals surface area contributed by atoms with E-state index < -0.39 is 12.1 Å². The van der Waals surface area contributed by atoms with Gasteiger partial charge in [0.05, 0.1) is 6.04 Å². The van der Waals surface area contributed by atoms with Gasteiger partial charge < -0.3 is 26.5 Å². The van der Waals surface area contributed by atoms with Gasteiger partial charge in [-0.3, -0.25) is 14.6 Å². The molecule has 0 aromatic carbocycles. The third kappa shape index (κ3) is 5.35. The highest BCUT2D eigenvalue weighted by Crippen LogP contribution is 2.36. The third-order valence-electron chi connectivity index (χ3n) is 5.74. The summed E-state index contributed by atoms with van der Waals surface area (Å²) in [6.45, 7) is 0.406. The minimum atomic E-state index is -0.599. The van der Waals surface area contributed by atoms with Crippen LogP contribution in [0, 0.1) is 5.92 Å². The second kappa shape index (κ2) is 9.87. The van der Waals surface area contributed by atoms with Crippen LogP contribution < -0.4 is 16.8 Å². The van der Waals surface area contributed by atoms with Gasteiger partial charge in [0.1, 0.15) is 12.3 Å². The molecule has 2 saturated heterocycles. The van der Waals surface area contributed by atoms with Crippen LogP contribution in [0.25, 0.3) is 0 Å². The zero-order valence-electron chi connectivity index (χ0n) is 16.5. The summed E-state index contributed by atoms with van der Waals surface area (Å²) >= 11 is 1.66. The molecule has 3 rings (SSSR count). The fraction of sp³-hybridized carbons (Fsp3) is 0.600. The molecule has 3 heterocycles. The lowest BCUT2D eigenvalue weighted by Crippen LogP contribution is -2.54. The maximum Gasteiger partial charge on any atom is 0.243 e. The Hall–Kier alpha value is -2.42. The SMILES string of the molecule is NC(N)=NCCC[C@@H](C=O)NC(=O)C1CCC2CCC(Cc3cccs3)C(=O)N21. The van der Waals surface area contributed by atoms with E-state index in [1.54, 1.807) is 16.2 Å². The van der Waals surface area contributed by atoms with Crippen LogP contribution in [0.4, 0.5) is 0 Å². The van der Waals surface area contributed by atoms with Gasteiger partial charge in [-0.25, -0.2) is 0 Å². The van der Waals surface area contributed by atoms with Gasteiger partial charge in [0.2, 0.25) is 11.8 Å². The molecular weight excluding hydrogens is 390 g/mol. The molecule has 9 heteroatoms. The number of guanidine groups is 1. The van der Waals surface area contributed by atoms with Crippen molar-refractivity contribution < 1.29 is 14.4 Å². The normalized spacial score (nSPS) is 24.6. The van der Waals surface area contributed by atoms with Crippen molar-refractivity contribution in [3.8, 4) is 0 Å². The van der Waals surface area contributed by atoms with E-state index in [1.807, 2.05) is 11.4 Å². The number of hydrogen-bond donors (Lipinski definition) is 3. The van der Waals surface area contributed by atoms with Crippen molar-refractivity contribution in [3.05, 3.63) is 22.4 Å². The van der Waals surface area contributed by atoms with Crippen molar-refractivity contribution in [2.75, 3.05) is 6.54 Å². The van der Waals surface area contributed by atoms with Crippen molar-refractivity contribution >= 4 is 35.4 Å². The van der Waals surface area contributed by atoms with Gasteiger partial charge in [0.15, 0.2) is 5.96 Å². The molecule has 29 heavy (non-hydrogen) atoms. The van der Waals surface area contributed by atoms with Crippen LogP contribution in [-0.4, -0.2) is 53.6 Å². The van der Waals surface area contributed by atoms with Crippen molar-refractivity contribution in [2.45, 2.75) is 63.1 Å². The molecule has 4 atom stereocenters. The lowest BCUT2D eigenvalue weighted by molar-refractivity contribution is -0.147. The van der Waals surface area contributed by atoms with Crippen molar-refractivity contribution in [1.29, 1.82) is 0 Å². The summed E-state index contributed by atoms with van der Waals surface area (Å²) in [7, 11) is 0. The molecule has 2 aliphatic rings. The second-order valence-electron chi connectivity index (χ2n) is 7.75. The molecule has 0 saturated carbocycles. The molecule has 1 aromatic heterocycles. The molecule has 5 N–H and O–H groups in total. The molecule has 158 valence electrons. The van der Waals surface area contributed by atoms with Crippen LogP contribution in [0.3, 0.4) is 0 Å². The molecular formula is C20H29N5O3S. The number of nitrogens with one attached hydrogen (secondary N) is 1. The van der Waals surface area contributed by atoms with Gasteiger partial charge >= 0.3 is 0 Å². The number of nitrogens with two attached hydrogens (primary N) is 2. The number of nitrogens with zero attached hydrogens (tertiary/aromatic N) is 2. The Kier molecular flexibility index (Phi) is 7.24. The first-order valence-corrected chi connectivity index (χ1v) is 11.0. The molecule has 0 bridgehead atoms. The number of fused-ring (bicyclic) bond motifs is 1. The summed E-state index contributed by atoms with van der Waals surface area (Å²) in [5.41, 5.74) is 10.6. The molecule has 8 nitrogen and oxygen atoms in total. The Labute approximate surface area is 174 Å². The van der Waals surface area contributed by atoms with Crippen LogP contribution in [0.1, 0.15) is 43.4 Å². The zero-order chi connectivity index (χ0) is 20.8. The van der Waals surface area contributed by atoms with Crippen LogP contribution in [0.5, 0.6) is 0 Å². The lowest BCUT2D eigenvalue weighted by Gasteiger charge is -2.37. The number of aldehydes is 1. The van der Waals surface area contributed by atoms with E-state index in [0.29, 0.717) is 25.8 Å². The highest BCUT2D eigenvalue weighted by molar-refractivity contribution is 7.09. The fourth-order valence-electron chi connectivity index (χ4n) is 4.32. The maximum atomic E-state index is 13.1. The monoisotopic (exact) mass is 419 g/mol. The van der Waals surface area contributed by atoms with Gasteiger partial charge in [-0.15, -0.1) is 11.3 Å². The van der Waals surface area contributed by atoms with E-state index in [4.69, 9.17) is 11.5 Å². The summed E-state index contributed by atoms with van der Waals surface area (Å²) in [4.78, 5) is 44.2. The number of aliphatic imine (C=N–C) groups is 1. The van der Waals surface area contributed by atoms with Crippen LogP contribution >= 0.6 is 11.3 Å². The van der Waals surface area contributed by atoms with Crippen molar-refractivity contribution in [2.24, 2.45) is 22.4 Å². The Bertz CT molecular complexity index is 747. The Balaban J connectivity index is 1.57. The molecule has 3 unspecified atom stereocenters. The zero-order valence-corrected chi connectivity index (χ0v) is 17.3. The largest absolute Gasteiger partial charge is 0.370 e. The van der Waals surface area contributed by atoms with E-state index in [0.717, 1.165) is 32.0 Å². The van der Waals surface area contributed by atoms with Crippen molar-refractivity contribution in [1.82, 2.24) is 10.2 Å². The molecule has 2 aliphatic heterocycles. The maximum absolute atomic E-state index is 13.1. The highest BCUT2D eigenvalue weighted by Gasteiger charge is 2.46. The quantitative estimate of drug-likeness (QED) is 0.236. The Morgan fingerprint density at radius 2 is 2.14 bits per heavy atom. The smallest absolute Gasteiger partial charge is 0.243 e. The lowest BCUT2D eigenvalue weighted by atomic mass is 9.89. The van der Waals surface area contributed by atoms with E-state index in [-0.39, 0.29) is 29.7 Å². The third-order valence-corrected chi connectivity index (χ3v) is 6.64. The van der Waals surface area contributed by atoms with Gasteiger partial charge in [-0.2, -0.15) is 0 Å². The number of thiophene rings is 1. The first kappa shape index (κ1) is 21.3. The van der Waals surface area contributed by atoms with Gasteiger partial charge in [0, 0.05) is 23.4 Å². The van der Waals surface area contributed by atoms with Gasteiger partial charge in [-0.05, 0) is 56.4 Å². The molecule has 0 radical (unpaired) electrons. The van der Waals surface area contributed by atoms with Crippen LogP contribution in [-0.2, 0) is 20.8 Å². The summed E-state index contributed by atoms with van der Waals surface area (Å²) in [6.07, 6.45) is 5.79. The molecule has 2 fully saturated rings. The standard InChI is InChI=1S/C20H29N5O3S/c21-20(22)23-9-1-3-14(12-26)24-18(27)17-8-7-15-6-5-13(19(28)25(15)17)11-16-4-2-10-29-16/h2,4,10,12-15,17H,1,3,5-9,11H2,(H,24,27)(H4,21,22,23)/t13?,14-,15?,17?/m0/s1. The highest BCUT2D eigenvalue weighted by atomic mass is 32.1. The number of piperidine rings is 1. The number of carbonyl (C=O) groups is 3. The Morgan fingerprint density at radius 1 is 1.34 bits per heavy atom. The predicted octanol–water partition coefficient (Wildman–Crippen LogP) is 0.797.